The van der Waals surface area contributed by atoms with Crippen LogP contribution in [0.3, 0.4) is 0 Å². The summed E-state index contributed by atoms with van der Waals surface area (Å²) in [5.74, 6) is 0.953. The lowest BCUT2D eigenvalue weighted by Gasteiger charge is -1.99. The second-order valence-electron chi connectivity index (χ2n) is 3.11. The number of hydrogen-bond donors (Lipinski definition) is 0. The molecule has 0 bridgehead atoms. The van der Waals surface area contributed by atoms with Crippen molar-refractivity contribution in [1.29, 1.82) is 0 Å². The molecule has 0 atom stereocenters. The van der Waals surface area contributed by atoms with Gasteiger partial charge >= 0.3 is 0 Å². The van der Waals surface area contributed by atoms with Gasteiger partial charge in [-0.15, -0.1) is 23.1 Å². The first kappa shape index (κ1) is 11.2. The van der Waals surface area contributed by atoms with Gasteiger partial charge in [0.1, 0.15) is 5.01 Å². The molecular weight excluding hydrogens is 290 g/mol. The number of nitrogens with zero attached hydrogens (tertiary/aromatic N) is 1. The Bertz CT molecular complexity index is 453. The third-order valence-corrected chi connectivity index (χ3v) is 4.42. The Balaban J connectivity index is 1.99. The van der Waals surface area contributed by atoms with Crippen LogP contribution >= 0.6 is 39.0 Å². The smallest absolute Gasteiger partial charge is 0.103 e. The maximum atomic E-state index is 4.34. The summed E-state index contributed by atoms with van der Waals surface area (Å²) in [4.78, 5) is 6.89. The molecule has 1 heterocycles. The van der Waals surface area contributed by atoms with Crippen molar-refractivity contribution in [2.75, 3.05) is 0 Å². The first-order chi connectivity index (χ1) is 7.24. The molecule has 0 radical (unpaired) electrons. The minimum atomic E-state index is 0.953. The molecule has 0 saturated heterocycles. The predicted octanol–water partition coefficient (Wildman–Crippen LogP) is 4.51. The Kier molecular flexibility index (Phi) is 3.83. The van der Waals surface area contributed by atoms with Crippen molar-refractivity contribution in [3.05, 3.63) is 44.8 Å². The summed E-state index contributed by atoms with van der Waals surface area (Å²) in [5, 5.41) is 1.19. The fourth-order valence-corrected chi connectivity index (χ4v) is 3.47. The van der Waals surface area contributed by atoms with Crippen molar-refractivity contribution in [2.45, 2.75) is 17.6 Å². The van der Waals surface area contributed by atoms with Gasteiger partial charge in [-0.1, -0.05) is 22.0 Å². The SMILES string of the molecule is Cc1cnc(CSc2cccc(Br)c2)s1. The fourth-order valence-electron chi connectivity index (χ4n) is 1.17. The van der Waals surface area contributed by atoms with Crippen LogP contribution in [-0.4, -0.2) is 4.98 Å². The molecule has 0 spiro atoms. The molecule has 1 nitrogen and oxygen atoms in total. The van der Waals surface area contributed by atoms with E-state index in [-0.39, 0.29) is 0 Å². The van der Waals surface area contributed by atoms with Gasteiger partial charge in [-0.25, -0.2) is 4.98 Å². The topological polar surface area (TPSA) is 12.9 Å². The quantitative estimate of drug-likeness (QED) is 0.774. The van der Waals surface area contributed by atoms with Crippen molar-refractivity contribution >= 4 is 39.0 Å². The molecule has 1 aromatic carbocycles. The van der Waals surface area contributed by atoms with Crippen LogP contribution in [0.25, 0.3) is 0 Å². The van der Waals surface area contributed by atoms with E-state index >= 15 is 0 Å². The van der Waals surface area contributed by atoms with Gasteiger partial charge in [-0.2, -0.15) is 0 Å². The van der Waals surface area contributed by atoms with Crippen molar-refractivity contribution in [1.82, 2.24) is 4.98 Å². The maximum absolute atomic E-state index is 4.34. The van der Waals surface area contributed by atoms with Crippen molar-refractivity contribution < 1.29 is 0 Å². The summed E-state index contributed by atoms with van der Waals surface area (Å²) in [6, 6.07) is 8.35. The Labute approximate surface area is 106 Å². The van der Waals surface area contributed by atoms with Crippen LogP contribution in [0, 0.1) is 6.92 Å². The molecule has 0 saturated carbocycles. The average Bonchev–Trinajstić information content (AvgIpc) is 2.62. The lowest BCUT2D eigenvalue weighted by Crippen LogP contribution is -1.77. The summed E-state index contributed by atoms with van der Waals surface area (Å²) >= 11 is 7.05. The third kappa shape index (κ3) is 3.33. The molecule has 0 N–H and O–H groups in total. The minimum absolute atomic E-state index is 0.953. The number of thioether (sulfide) groups is 1. The van der Waals surface area contributed by atoms with E-state index in [2.05, 4.69) is 46.0 Å². The Morgan fingerprint density at radius 1 is 1.47 bits per heavy atom. The first-order valence-electron chi connectivity index (χ1n) is 4.54. The summed E-state index contributed by atoms with van der Waals surface area (Å²) in [6.07, 6.45) is 1.93. The van der Waals surface area contributed by atoms with Crippen molar-refractivity contribution in [3.63, 3.8) is 0 Å². The highest BCUT2D eigenvalue weighted by Crippen LogP contribution is 2.26. The molecule has 2 rings (SSSR count). The van der Waals surface area contributed by atoms with Crippen molar-refractivity contribution in [3.8, 4) is 0 Å². The van der Waals surface area contributed by atoms with Gasteiger partial charge < -0.3 is 0 Å². The zero-order chi connectivity index (χ0) is 10.7. The molecule has 0 amide bonds. The second-order valence-corrected chi connectivity index (χ2v) is 6.39. The van der Waals surface area contributed by atoms with Crippen LogP contribution < -0.4 is 0 Å². The third-order valence-electron chi connectivity index (χ3n) is 1.83. The van der Waals surface area contributed by atoms with E-state index in [0.717, 1.165) is 10.2 Å². The highest BCUT2D eigenvalue weighted by atomic mass is 79.9. The summed E-state index contributed by atoms with van der Waals surface area (Å²) in [5.41, 5.74) is 0. The monoisotopic (exact) mass is 299 g/mol. The van der Waals surface area contributed by atoms with Gasteiger partial charge in [-0.05, 0) is 25.1 Å². The number of aryl methyl sites for hydroxylation is 1. The molecule has 15 heavy (non-hydrogen) atoms. The van der Waals surface area contributed by atoms with Crippen LogP contribution in [0.15, 0.2) is 39.8 Å². The van der Waals surface area contributed by atoms with Gasteiger partial charge in [-0.3, -0.25) is 0 Å². The second kappa shape index (κ2) is 5.14. The molecule has 0 aliphatic carbocycles. The molecular formula is C11H10BrNS2. The van der Waals surface area contributed by atoms with Gasteiger partial charge in [0.2, 0.25) is 0 Å². The summed E-state index contributed by atoms with van der Waals surface area (Å²) in [7, 11) is 0. The van der Waals surface area contributed by atoms with E-state index in [1.165, 1.54) is 14.8 Å². The average molecular weight is 300 g/mol. The zero-order valence-electron chi connectivity index (χ0n) is 8.24. The first-order valence-corrected chi connectivity index (χ1v) is 7.13. The predicted molar refractivity (Wildman–Crippen MR) is 70.6 cm³/mol. The maximum Gasteiger partial charge on any atom is 0.103 e. The van der Waals surface area contributed by atoms with Gasteiger partial charge in [0.05, 0.1) is 5.75 Å². The van der Waals surface area contributed by atoms with Gasteiger partial charge in [0.25, 0.3) is 0 Å². The standard InChI is InChI=1S/C11H10BrNS2/c1-8-6-13-11(15-8)7-14-10-4-2-3-9(12)5-10/h2-6H,7H2,1H3. The molecule has 0 aliphatic heterocycles. The number of aromatic nitrogens is 1. The van der Waals surface area contributed by atoms with Crippen LogP contribution in [0.5, 0.6) is 0 Å². The molecule has 1 aromatic heterocycles. The zero-order valence-corrected chi connectivity index (χ0v) is 11.5. The molecule has 78 valence electrons. The lowest BCUT2D eigenvalue weighted by molar-refractivity contribution is 1.25. The molecule has 0 fully saturated rings. The number of rotatable bonds is 3. The highest BCUT2D eigenvalue weighted by Gasteiger charge is 2.00. The van der Waals surface area contributed by atoms with Crippen molar-refractivity contribution in [2.24, 2.45) is 0 Å². The Morgan fingerprint density at radius 2 is 2.33 bits per heavy atom. The van der Waals surface area contributed by atoms with Crippen LogP contribution in [0.2, 0.25) is 0 Å². The molecule has 4 heteroatoms. The van der Waals surface area contributed by atoms with E-state index in [9.17, 15) is 0 Å². The summed E-state index contributed by atoms with van der Waals surface area (Å²) < 4.78 is 1.13. The van der Waals surface area contributed by atoms with Crippen LogP contribution in [0.1, 0.15) is 9.88 Å². The minimum Gasteiger partial charge on any atom is -0.249 e. The van der Waals surface area contributed by atoms with Gasteiger partial charge in [0, 0.05) is 20.4 Å². The number of halogens is 1. The number of hydrogen-bond acceptors (Lipinski definition) is 3. The van der Waals surface area contributed by atoms with E-state index in [1.54, 1.807) is 11.3 Å². The van der Waals surface area contributed by atoms with Crippen LogP contribution in [0.4, 0.5) is 0 Å². The Morgan fingerprint density at radius 3 is 3.00 bits per heavy atom. The van der Waals surface area contributed by atoms with Gasteiger partial charge in [0.15, 0.2) is 0 Å². The van der Waals surface area contributed by atoms with E-state index in [1.807, 2.05) is 24.0 Å². The van der Waals surface area contributed by atoms with Crippen LogP contribution in [-0.2, 0) is 5.75 Å². The fraction of sp³-hybridized carbons (Fsp3) is 0.182. The molecule has 0 unspecified atom stereocenters. The van der Waals surface area contributed by atoms with E-state index in [0.29, 0.717) is 0 Å². The number of benzene rings is 1. The normalized spacial score (nSPS) is 10.5. The Hall–Kier alpha value is -0.320. The molecule has 2 aromatic rings. The largest absolute Gasteiger partial charge is 0.249 e. The number of thiazole rings is 1. The van der Waals surface area contributed by atoms with E-state index < -0.39 is 0 Å². The summed E-state index contributed by atoms with van der Waals surface area (Å²) in [6.45, 7) is 2.09. The molecule has 0 aliphatic rings. The lowest BCUT2D eigenvalue weighted by atomic mass is 10.4. The highest BCUT2D eigenvalue weighted by molar-refractivity contribution is 9.10. The van der Waals surface area contributed by atoms with E-state index in [4.69, 9.17) is 0 Å².